The molecule has 0 aromatic heterocycles. The summed E-state index contributed by atoms with van der Waals surface area (Å²) in [4.78, 5) is 20.7. The molecule has 26 heavy (non-hydrogen) atoms. The molecule has 0 unspecified atom stereocenters. The van der Waals surface area contributed by atoms with Gasteiger partial charge in [0.05, 0.1) is 26.4 Å². The summed E-state index contributed by atoms with van der Waals surface area (Å²) in [6.45, 7) is 7.50. The molecule has 0 radical (unpaired) electrons. The lowest BCUT2D eigenvalue weighted by Gasteiger charge is -2.36. The van der Waals surface area contributed by atoms with E-state index >= 15 is 0 Å². The Morgan fingerprint density at radius 3 is 2.73 bits per heavy atom. The molecule has 2 aliphatic rings. The van der Waals surface area contributed by atoms with Crippen molar-refractivity contribution in [2.24, 2.45) is 4.99 Å². The van der Waals surface area contributed by atoms with E-state index < -0.39 is 0 Å². The lowest BCUT2D eigenvalue weighted by atomic mass is 10.1. The maximum atomic E-state index is 11.9. The Hall–Kier alpha value is -1.64. The Balaban J connectivity index is 1.65. The number of piperazine rings is 1. The maximum Gasteiger partial charge on any atom is 0.234 e. The van der Waals surface area contributed by atoms with Gasteiger partial charge >= 0.3 is 0 Å². The minimum absolute atomic E-state index is 0.0581. The van der Waals surface area contributed by atoms with Gasteiger partial charge in [0.25, 0.3) is 0 Å². The summed E-state index contributed by atoms with van der Waals surface area (Å²) in [5, 5.41) is 6.32. The van der Waals surface area contributed by atoms with Crippen molar-refractivity contribution in [2.45, 2.75) is 12.8 Å². The molecule has 2 heterocycles. The molecule has 2 rings (SSSR count). The summed E-state index contributed by atoms with van der Waals surface area (Å²) >= 11 is 0. The number of methoxy groups -OCH3 is 1. The zero-order chi connectivity index (χ0) is 18.6. The Bertz CT molecular complexity index is 487. The number of carbonyl (C=O) groups is 1. The number of hydrogen-bond acceptors (Lipinski definition) is 5. The van der Waals surface area contributed by atoms with Crippen molar-refractivity contribution in [1.82, 2.24) is 20.4 Å². The zero-order valence-corrected chi connectivity index (χ0v) is 16.1. The number of carbonyl (C=O) groups excluding carboxylic acids is 1. The van der Waals surface area contributed by atoms with Crippen molar-refractivity contribution in [3.63, 3.8) is 0 Å². The smallest absolute Gasteiger partial charge is 0.234 e. The van der Waals surface area contributed by atoms with Crippen molar-refractivity contribution >= 4 is 11.9 Å². The van der Waals surface area contributed by atoms with Gasteiger partial charge in [0.15, 0.2) is 5.96 Å². The van der Waals surface area contributed by atoms with Crippen LogP contribution in [0.25, 0.3) is 0 Å². The second-order valence-electron chi connectivity index (χ2n) is 6.52. The first-order chi connectivity index (χ1) is 12.7. The van der Waals surface area contributed by atoms with Gasteiger partial charge in [-0.1, -0.05) is 11.6 Å². The lowest BCUT2D eigenvalue weighted by molar-refractivity contribution is -0.122. The molecule has 0 aromatic carbocycles. The Kier molecular flexibility index (Phi) is 9.44. The van der Waals surface area contributed by atoms with Crippen LogP contribution in [0.1, 0.15) is 12.8 Å². The predicted octanol–water partition coefficient (Wildman–Crippen LogP) is -0.321. The summed E-state index contributed by atoms with van der Waals surface area (Å²) in [5.74, 6) is 1.00. The van der Waals surface area contributed by atoms with Crippen LogP contribution >= 0.6 is 0 Å². The van der Waals surface area contributed by atoms with E-state index in [0.717, 1.165) is 64.7 Å². The van der Waals surface area contributed by atoms with Crippen LogP contribution in [0.4, 0.5) is 0 Å². The van der Waals surface area contributed by atoms with E-state index in [2.05, 4.69) is 31.5 Å². The molecular weight excluding hydrogens is 334 g/mol. The molecule has 0 atom stereocenters. The van der Waals surface area contributed by atoms with Crippen LogP contribution in [0.2, 0.25) is 0 Å². The van der Waals surface area contributed by atoms with Crippen LogP contribution < -0.4 is 10.6 Å². The van der Waals surface area contributed by atoms with Gasteiger partial charge in [0.2, 0.25) is 5.91 Å². The molecule has 1 saturated heterocycles. The van der Waals surface area contributed by atoms with Crippen molar-refractivity contribution in [3.05, 3.63) is 11.6 Å². The van der Waals surface area contributed by atoms with E-state index in [1.54, 1.807) is 7.11 Å². The normalized spacial score (nSPS) is 19.2. The first-order valence-electron chi connectivity index (χ1n) is 9.42. The summed E-state index contributed by atoms with van der Waals surface area (Å²) in [6, 6.07) is 0. The Labute approximate surface area is 156 Å². The minimum Gasteiger partial charge on any atom is -0.383 e. The second kappa shape index (κ2) is 11.9. The fraction of sp³-hybridized carbons (Fsp3) is 0.778. The zero-order valence-electron chi connectivity index (χ0n) is 16.1. The molecule has 8 heteroatoms. The van der Waals surface area contributed by atoms with Crippen molar-refractivity contribution < 1.29 is 14.3 Å². The largest absolute Gasteiger partial charge is 0.383 e. The molecule has 0 aliphatic carbocycles. The SMILES string of the molecule is CN=C(NCCC1=CCOCC1)N1CCN(CC(=O)NCCOC)CC1. The highest BCUT2D eigenvalue weighted by Gasteiger charge is 2.21. The summed E-state index contributed by atoms with van der Waals surface area (Å²) in [5.41, 5.74) is 1.46. The van der Waals surface area contributed by atoms with Gasteiger partial charge in [-0.25, -0.2) is 0 Å². The molecule has 1 amide bonds. The van der Waals surface area contributed by atoms with Crippen LogP contribution in [0.15, 0.2) is 16.6 Å². The summed E-state index contributed by atoms with van der Waals surface area (Å²) in [7, 11) is 3.46. The molecule has 2 N–H and O–H groups in total. The topological polar surface area (TPSA) is 78.4 Å². The average Bonchev–Trinajstić information content (AvgIpc) is 2.67. The standard InChI is InChI=1S/C18H33N5O3/c1-19-18(21-6-3-16-4-12-26-13-5-16)23-10-8-22(9-11-23)15-17(24)20-7-14-25-2/h4H,3,5-15H2,1-2H3,(H,19,21)(H,20,24). The maximum absolute atomic E-state index is 11.9. The summed E-state index contributed by atoms with van der Waals surface area (Å²) < 4.78 is 10.3. The third-order valence-corrected chi connectivity index (χ3v) is 4.67. The Morgan fingerprint density at radius 2 is 2.08 bits per heavy atom. The highest BCUT2D eigenvalue weighted by molar-refractivity contribution is 5.80. The molecule has 1 fully saturated rings. The number of hydrogen-bond donors (Lipinski definition) is 2. The summed E-state index contributed by atoms with van der Waals surface area (Å²) in [6.07, 6.45) is 4.25. The fourth-order valence-electron chi connectivity index (χ4n) is 3.13. The van der Waals surface area contributed by atoms with Crippen LogP contribution in [0, 0.1) is 0 Å². The predicted molar refractivity (Wildman–Crippen MR) is 102 cm³/mol. The molecule has 8 nitrogen and oxygen atoms in total. The molecule has 0 spiro atoms. The van der Waals surface area contributed by atoms with E-state index in [4.69, 9.17) is 9.47 Å². The fourth-order valence-corrected chi connectivity index (χ4v) is 3.13. The van der Waals surface area contributed by atoms with E-state index in [-0.39, 0.29) is 5.91 Å². The van der Waals surface area contributed by atoms with Crippen LogP contribution in [0.5, 0.6) is 0 Å². The lowest BCUT2D eigenvalue weighted by Crippen LogP contribution is -2.54. The van der Waals surface area contributed by atoms with Gasteiger partial charge in [0.1, 0.15) is 0 Å². The van der Waals surface area contributed by atoms with E-state index in [0.29, 0.717) is 19.7 Å². The van der Waals surface area contributed by atoms with Gasteiger partial charge in [-0.05, 0) is 12.8 Å². The van der Waals surface area contributed by atoms with E-state index in [9.17, 15) is 4.79 Å². The van der Waals surface area contributed by atoms with Crippen molar-refractivity contribution in [2.75, 3.05) is 79.8 Å². The van der Waals surface area contributed by atoms with Gasteiger partial charge in [0, 0.05) is 53.4 Å². The number of guanidine groups is 1. The highest BCUT2D eigenvalue weighted by atomic mass is 16.5. The molecule has 0 aromatic rings. The first-order valence-corrected chi connectivity index (χ1v) is 9.42. The van der Waals surface area contributed by atoms with Crippen molar-refractivity contribution in [1.29, 1.82) is 0 Å². The first kappa shape index (κ1) is 20.7. The number of rotatable bonds is 8. The molecule has 2 aliphatic heterocycles. The van der Waals surface area contributed by atoms with Crippen LogP contribution in [0.3, 0.4) is 0 Å². The highest BCUT2D eigenvalue weighted by Crippen LogP contribution is 2.11. The number of aliphatic imine (C=N–C) groups is 1. The second-order valence-corrected chi connectivity index (χ2v) is 6.52. The third kappa shape index (κ3) is 7.31. The van der Waals surface area contributed by atoms with Gasteiger partial charge in [-0.2, -0.15) is 0 Å². The third-order valence-electron chi connectivity index (χ3n) is 4.67. The number of amides is 1. The molecule has 0 saturated carbocycles. The molecule has 148 valence electrons. The van der Waals surface area contributed by atoms with E-state index in [1.165, 1.54) is 5.57 Å². The van der Waals surface area contributed by atoms with Crippen molar-refractivity contribution in [3.8, 4) is 0 Å². The monoisotopic (exact) mass is 367 g/mol. The van der Waals surface area contributed by atoms with Crippen LogP contribution in [-0.2, 0) is 14.3 Å². The number of ether oxygens (including phenoxy) is 2. The molecular formula is C18H33N5O3. The van der Waals surface area contributed by atoms with Gasteiger partial charge in [-0.15, -0.1) is 0 Å². The van der Waals surface area contributed by atoms with E-state index in [1.807, 2.05) is 7.05 Å². The Morgan fingerprint density at radius 1 is 1.27 bits per heavy atom. The average molecular weight is 367 g/mol. The minimum atomic E-state index is 0.0581. The number of nitrogens with one attached hydrogen (secondary N) is 2. The quantitative estimate of drug-likeness (QED) is 0.265. The van der Waals surface area contributed by atoms with Gasteiger partial charge < -0.3 is 25.0 Å². The number of nitrogens with zero attached hydrogens (tertiary/aromatic N) is 3. The van der Waals surface area contributed by atoms with Crippen LogP contribution in [-0.4, -0.2) is 101 Å². The molecule has 0 bridgehead atoms. The van der Waals surface area contributed by atoms with Gasteiger partial charge in [-0.3, -0.25) is 14.7 Å².